The van der Waals surface area contributed by atoms with Crippen molar-refractivity contribution < 1.29 is 18.4 Å². The molecule has 4 rings (SSSR count). The Bertz CT molecular complexity index is 883. The molecule has 0 N–H and O–H groups in total. The molecule has 30 heavy (non-hydrogen) atoms. The molecule has 2 heterocycles. The van der Waals surface area contributed by atoms with E-state index in [4.69, 9.17) is 4.42 Å². The van der Waals surface area contributed by atoms with Gasteiger partial charge in [0.1, 0.15) is 5.82 Å². The summed E-state index contributed by atoms with van der Waals surface area (Å²) in [6.45, 7) is 2.36. The Kier molecular flexibility index (Phi) is 6.45. The van der Waals surface area contributed by atoms with Gasteiger partial charge in [-0.25, -0.2) is 9.37 Å². The lowest BCUT2D eigenvalue weighted by Gasteiger charge is -2.37. The molecule has 1 saturated carbocycles. The van der Waals surface area contributed by atoms with Crippen molar-refractivity contribution in [2.24, 2.45) is 5.92 Å². The second kappa shape index (κ2) is 9.41. The second-order valence-electron chi connectivity index (χ2n) is 8.14. The Balaban J connectivity index is 1.25. The van der Waals surface area contributed by atoms with Crippen molar-refractivity contribution in [3.8, 4) is 11.3 Å². The first-order valence-corrected chi connectivity index (χ1v) is 10.9. The van der Waals surface area contributed by atoms with Gasteiger partial charge in [-0.15, -0.1) is 0 Å². The molecule has 2 aromatic rings. The van der Waals surface area contributed by atoms with Gasteiger partial charge in [-0.1, -0.05) is 31.4 Å². The Morgan fingerprint density at radius 1 is 1.03 bits per heavy atom. The van der Waals surface area contributed by atoms with Crippen LogP contribution in [-0.2, 0) is 16.0 Å². The zero-order valence-electron chi connectivity index (χ0n) is 17.2. The number of hydrogen-bond acceptors (Lipinski definition) is 4. The van der Waals surface area contributed by atoms with Crippen LogP contribution < -0.4 is 0 Å². The third-order valence-corrected chi connectivity index (χ3v) is 6.14. The largest absolute Gasteiger partial charge is 0.441 e. The molecular formula is C23H28FN3O3. The molecule has 1 saturated heterocycles. The van der Waals surface area contributed by atoms with E-state index in [0.29, 0.717) is 49.8 Å². The van der Waals surface area contributed by atoms with Crippen LogP contribution in [0.5, 0.6) is 0 Å². The first kappa shape index (κ1) is 20.6. The van der Waals surface area contributed by atoms with Gasteiger partial charge >= 0.3 is 0 Å². The fourth-order valence-corrected chi connectivity index (χ4v) is 4.37. The predicted molar refractivity (Wildman–Crippen MR) is 110 cm³/mol. The Labute approximate surface area is 176 Å². The van der Waals surface area contributed by atoms with E-state index in [1.54, 1.807) is 18.2 Å². The summed E-state index contributed by atoms with van der Waals surface area (Å²) in [4.78, 5) is 33.1. The van der Waals surface area contributed by atoms with E-state index in [1.165, 1.54) is 18.7 Å². The molecule has 2 amide bonds. The molecular weight excluding hydrogens is 385 g/mol. The number of aryl methyl sites for hydroxylation is 1. The van der Waals surface area contributed by atoms with Gasteiger partial charge in [-0.3, -0.25) is 9.59 Å². The number of hydrogen-bond donors (Lipinski definition) is 0. The van der Waals surface area contributed by atoms with E-state index in [2.05, 4.69) is 4.98 Å². The Morgan fingerprint density at radius 3 is 2.47 bits per heavy atom. The molecule has 0 spiro atoms. The monoisotopic (exact) mass is 413 g/mol. The zero-order chi connectivity index (χ0) is 20.9. The van der Waals surface area contributed by atoms with Gasteiger partial charge in [-0.2, -0.15) is 0 Å². The molecule has 2 fully saturated rings. The van der Waals surface area contributed by atoms with Gasteiger partial charge in [-0.05, 0) is 25.0 Å². The second-order valence-corrected chi connectivity index (χ2v) is 8.14. The summed E-state index contributed by atoms with van der Waals surface area (Å²) in [5, 5.41) is 0. The van der Waals surface area contributed by atoms with E-state index >= 15 is 0 Å². The minimum Gasteiger partial charge on any atom is -0.441 e. The van der Waals surface area contributed by atoms with Crippen LogP contribution in [0, 0.1) is 11.7 Å². The van der Waals surface area contributed by atoms with Gasteiger partial charge in [0.05, 0.1) is 11.8 Å². The number of oxazole rings is 1. The zero-order valence-corrected chi connectivity index (χ0v) is 17.2. The maximum atomic E-state index is 13.9. The summed E-state index contributed by atoms with van der Waals surface area (Å²) in [6.07, 6.45) is 7.68. The number of aromatic nitrogens is 1. The summed E-state index contributed by atoms with van der Waals surface area (Å²) in [5.41, 5.74) is 0.362. The van der Waals surface area contributed by atoms with Crippen LogP contribution >= 0.6 is 0 Å². The number of rotatable bonds is 5. The molecule has 0 bridgehead atoms. The van der Waals surface area contributed by atoms with Crippen LogP contribution in [0.2, 0.25) is 0 Å². The number of nitrogens with zero attached hydrogens (tertiary/aromatic N) is 3. The van der Waals surface area contributed by atoms with Gasteiger partial charge in [0.2, 0.25) is 11.8 Å². The van der Waals surface area contributed by atoms with Crippen molar-refractivity contribution >= 4 is 11.8 Å². The van der Waals surface area contributed by atoms with Crippen LogP contribution in [0.3, 0.4) is 0 Å². The minimum absolute atomic E-state index is 0.0328. The summed E-state index contributed by atoms with van der Waals surface area (Å²) in [7, 11) is 0. The normalized spacial score (nSPS) is 17.9. The smallest absolute Gasteiger partial charge is 0.225 e. The third kappa shape index (κ3) is 4.71. The van der Waals surface area contributed by atoms with Crippen molar-refractivity contribution in [1.29, 1.82) is 0 Å². The maximum Gasteiger partial charge on any atom is 0.225 e. The number of piperazine rings is 1. The molecule has 7 heteroatoms. The van der Waals surface area contributed by atoms with Crippen molar-refractivity contribution in [2.75, 3.05) is 26.2 Å². The number of carbonyl (C=O) groups excluding carboxylic acids is 2. The van der Waals surface area contributed by atoms with Crippen LogP contribution in [0.15, 0.2) is 34.9 Å². The molecule has 2 aliphatic rings. The third-order valence-electron chi connectivity index (χ3n) is 6.14. The molecule has 0 radical (unpaired) electrons. The van der Waals surface area contributed by atoms with Crippen LogP contribution in [0.1, 0.15) is 44.4 Å². The molecule has 6 nitrogen and oxygen atoms in total. The highest BCUT2D eigenvalue weighted by Crippen LogP contribution is 2.26. The predicted octanol–water partition coefficient (Wildman–Crippen LogP) is 3.66. The summed E-state index contributed by atoms with van der Waals surface area (Å²) in [6, 6.07) is 6.37. The lowest BCUT2D eigenvalue weighted by molar-refractivity contribution is -0.142. The topological polar surface area (TPSA) is 66.7 Å². The number of halogens is 1. The standard InChI is InChI=1S/C23H28FN3O3/c24-19-9-5-4-8-18(19)20-16-25-21(30-20)10-11-22(28)26-12-14-27(15-13-26)23(29)17-6-2-1-3-7-17/h4-5,8-9,16-17H,1-3,6-7,10-15H2. The van der Waals surface area contributed by atoms with E-state index in [-0.39, 0.29) is 30.0 Å². The van der Waals surface area contributed by atoms with Crippen molar-refractivity contribution in [2.45, 2.75) is 44.9 Å². The fraction of sp³-hybridized carbons (Fsp3) is 0.522. The first-order valence-electron chi connectivity index (χ1n) is 10.9. The Hall–Kier alpha value is -2.70. The van der Waals surface area contributed by atoms with E-state index in [9.17, 15) is 14.0 Å². The van der Waals surface area contributed by atoms with Crippen molar-refractivity contribution in [1.82, 2.24) is 14.8 Å². The highest BCUT2D eigenvalue weighted by atomic mass is 19.1. The summed E-state index contributed by atoms with van der Waals surface area (Å²) < 4.78 is 19.5. The quantitative estimate of drug-likeness (QED) is 0.750. The lowest BCUT2D eigenvalue weighted by Crippen LogP contribution is -2.52. The summed E-state index contributed by atoms with van der Waals surface area (Å²) >= 11 is 0. The number of carbonyl (C=O) groups is 2. The fourth-order valence-electron chi connectivity index (χ4n) is 4.37. The molecule has 0 unspecified atom stereocenters. The van der Waals surface area contributed by atoms with Gasteiger partial charge in [0.15, 0.2) is 11.7 Å². The van der Waals surface area contributed by atoms with Gasteiger partial charge in [0.25, 0.3) is 0 Å². The molecule has 160 valence electrons. The van der Waals surface area contributed by atoms with E-state index in [0.717, 1.165) is 25.7 Å². The SMILES string of the molecule is O=C(CCc1ncc(-c2ccccc2F)o1)N1CCN(C(=O)C2CCCCC2)CC1. The highest BCUT2D eigenvalue weighted by molar-refractivity contribution is 5.80. The van der Waals surface area contributed by atoms with Crippen molar-refractivity contribution in [3.63, 3.8) is 0 Å². The van der Waals surface area contributed by atoms with Crippen LogP contribution in [0.4, 0.5) is 4.39 Å². The highest BCUT2D eigenvalue weighted by Gasteiger charge is 2.29. The minimum atomic E-state index is -0.364. The number of benzene rings is 1. The van der Waals surface area contributed by atoms with Crippen LogP contribution in [-0.4, -0.2) is 52.8 Å². The average molecular weight is 413 g/mol. The Morgan fingerprint density at radius 2 is 1.73 bits per heavy atom. The van der Waals surface area contributed by atoms with Gasteiger partial charge < -0.3 is 14.2 Å². The van der Waals surface area contributed by atoms with E-state index < -0.39 is 0 Å². The molecule has 1 aliphatic heterocycles. The summed E-state index contributed by atoms with van der Waals surface area (Å²) in [5.74, 6) is 0.900. The molecule has 1 aromatic carbocycles. The first-order chi connectivity index (χ1) is 14.6. The number of amides is 2. The maximum absolute atomic E-state index is 13.9. The molecule has 1 aromatic heterocycles. The van der Waals surface area contributed by atoms with E-state index in [1.807, 2.05) is 9.80 Å². The average Bonchev–Trinajstić information content (AvgIpc) is 3.27. The molecule has 0 atom stereocenters. The van der Waals surface area contributed by atoms with Crippen molar-refractivity contribution in [3.05, 3.63) is 42.2 Å². The molecule has 1 aliphatic carbocycles. The van der Waals surface area contributed by atoms with Gasteiger partial charge in [0, 0.05) is 44.9 Å². The van der Waals surface area contributed by atoms with Crippen LogP contribution in [0.25, 0.3) is 11.3 Å². The lowest BCUT2D eigenvalue weighted by atomic mass is 9.88.